The van der Waals surface area contributed by atoms with Gasteiger partial charge in [0.05, 0.1) is 16.8 Å². The van der Waals surface area contributed by atoms with Crippen molar-refractivity contribution in [2.24, 2.45) is 0 Å². The molecule has 3 aromatic rings. The van der Waals surface area contributed by atoms with Crippen molar-refractivity contribution in [2.45, 2.75) is 17.2 Å². The number of hydrogen-bond acceptors (Lipinski definition) is 6. The summed E-state index contributed by atoms with van der Waals surface area (Å²) < 4.78 is 0. The van der Waals surface area contributed by atoms with Crippen LogP contribution >= 0.6 is 34.9 Å². The van der Waals surface area contributed by atoms with Crippen LogP contribution in [0.25, 0.3) is 0 Å². The molecule has 1 fully saturated rings. The van der Waals surface area contributed by atoms with Gasteiger partial charge in [0.15, 0.2) is 0 Å². The number of nitrogens with one attached hydrogen (secondary N) is 1. The van der Waals surface area contributed by atoms with Gasteiger partial charge in [-0.05, 0) is 29.8 Å². The highest BCUT2D eigenvalue weighted by atomic mass is 32.2. The highest BCUT2D eigenvalue weighted by Gasteiger charge is 2.14. The molecule has 1 amide bonds. The van der Waals surface area contributed by atoms with E-state index < -0.39 is 0 Å². The van der Waals surface area contributed by atoms with Gasteiger partial charge in [-0.2, -0.15) is 11.8 Å². The minimum absolute atomic E-state index is 0.0714. The smallest absolute Gasteiger partial charge is 0.256 e. The summed E-state index contributed by atoms with van der Waals surface area (Å²) in [7, 11) is 0. The summed E-state index contributed by atoms with van der Waals surface area (Å²) in [6.45, 7) is 3.19. The lowest BCUT2D eigenvalue weighted by molar-refractivity contribution is 0.102. The Morgan fingerprint density at radius 1 is 1.14 bits per heavy atom. The van der Waals surface area contributed by atoms with Crippen molar-refractivity contribution < 1.29 is 4.79 Å². The van der Waals surface area contributed by atoms with Crippen LogP contribution in [-0.4, -0.2) is 40.4 Å². The minimum atomic E-state index is -0.0714. The fraction of sp³-hybridized carbons (Fsp3) is 0.273. The topological polar surface area (TPSA) is 45.2 Å². The Hall–Kier alpha value is -1.80. The van der Waals surface area contributed by atoms with Gasteiger partial charge in [0.2, 0.25) is 0 Å². The number of hydrogen-bond donors (Lipinski definition) is 1. The number of thioether (sulfide) groups is 2. The molecule has 0 bridgehead atoms. The predicted molar refractivity (Wildman–Crippen MR) is 125 cm³/mol. The molecule has 0 unspecified atom stereocenters. The van der Waals surface area contributed by atoms with Crippen LogP contribution in [0.5, 0.6) is 0 Å². The zero-order chi connectivity index (χ0) is 19.9. The molecule has 0 saturated carbocycles. The number of nitrogens with zero attached hydrogens (tertiary/aromatic N) is 2. The molecule has 0 radical (unpaired) electrons. The first kappa shape index (κ1) is 20.5. The number of benzene rings is 2. The first-order valence-corrected chi connectivity index (χ1v) is 12.7. The fourth-order valence-corrected chi connectivity index (χ4v) is 5.80. The second-order valence-electron chi connectivity index (χ2n) is 6.81. The van der Waals surface area contributed by atoms with E-state index >= 15 is 0 Å². The molecule has 1 aromatic heterocycles. The van der Waals surface area contributed by atoms with Gasteiger partial charge in [0.1, 0.15) is 0 Å². The van der Waals surface area contributed by atoms with E-state index in [1.807, 2.05) is 59.1 Å². The van der Waals surface area contributed by atoms with E-state index in [4.69, 9.17) is 0 Å². The third kappa shape index (κ3) is 5.85. The van der Waals surface area contributed by atoms with Crippen molar-refractivity contribution in [3.8, 4) is 0 Å². The van der Waals surface area contributed by atoms with Gasteiger partial charge in [-0.15, -0.1) is 23.1 Å². The first-order valence-electron chi connectivity index (χ1n) is 9.57. The van der Waals surface area contributed by atoms with E-state index in [1.165, 1.54) is 17.1 Å². The summed E-state index contributed by atoms with van der Waals surface area (Å²) in [6.07, 6.45) is 0. The maximum Gasteiger partial charge on any atom is 0.256 e. The van der Waals surface area contributed by atoms with Gasteiger partial charge in [-0.3, -0.25) is 9.69 Å². The lowest BCUT2D eigenvalue weighted by atomic mass is 10.1. The monoisotopic (exact) mass is 441 g/mol. The maximum atomic E-state index is 12.9. The van der Waals surface area contributed by atoms with Gasteiger partial charge >= 0.3 is 0 Å². The standard InChI is InChI=1S/C22H23N3OS3/c26-22(20-6-1-2-7-21(20)29-15-19-14-28-16-23-19)24-18-5-3-4-17(12-18)13-25-8-10-27-11-9-25/h1-7,12,14,16H,8-11,13,15H2,(H,24,26). The van der Waals surface area contributed by atoms with Crippen LogP contribution < -0.4 is 5.32 Å². The molecule has 1 N–H and O–H groups in total. The summed E-state index contributed by atoms with van der Waals surface area (Å²) in [6, 6.07) is 16.0. The summed E-state index contributed by atoms with van der Waals surface area (Å²) >= 11 is 5.26. The quantitative estimate of drug-likeness (QED) is 0.508. The molecule has 2 aromatic carbocycles. The van der Waals surface area contributed by atoms with Crippen LogP contribution in [0.2, 0.25) is 0 Å². The second kappa shape index (κ2) is 10.3. The molecule has 1 aliphatic heterocycles. The van der Waals surface area contributed by atoms with Crippen LogP contribution in [0.15, 0.2) is 64.3 Å². The molecule has 0 atom stereocenters. The molecule has 4 rings (SSSR count). The SMILES string of the molecule is O=C(Nc1cccc(CN2CCSCC2)c1)c1ccccc1SCc1cscn1. The Morgan fingerprint density at radius 2 is 2.00 bits per heavy atom. The van der Waals surface area contributed by atoms with Crippen molar-refractivity contribution in [1.82, 2.24) is 9.88 Å². The number of aromatic nitrogens is 1. The van der Waals surface area contributed by atoms with Gasteiger partial charge in [0, 0.05) is 52.9 Å². The van der Waals surface area contributed by atoms with E-state index in [0.717, 1.165) is 41.7 Å². The van der Waals surface area contributed by atoms with E-state index in [9.17, 15) is 4.79 Å². The number of amides is 1. The molecule has 2 heterocycles. The largest absolute Gasteiger partial charge is 0.322 e. The van der Waals surface area contributed by atoms with E-state index in [1.54, 1.807) is 23.1 Å². The number of rotatable bonds is 7. The molecule has 1 aliphatic rings. The summed E-state index contributed by atoms with van der Waals surface area (Å²) in [5.41, 5.74) is 5.66. The van der Waals surface area contributed by atoms with Crippen LogP contribution in [0, 0.1) is 0 Å². The lowest BCUT2D eigenvalue weighted by Crippen LogP contribution is -2.31. The van der Waals surface area contributed by atoms with Gasteiger partial charge in [-0.25, -0.2) is 4.98 Å². The van der Waals surface area contributed by atoms with Crippen molar-refractivity contribution in [2.75, 3.05) is 29.9 Å². The van der Waals surface area contributed by atoms with Gasteiger partial charge in [0.25, 0.3) is 5.91 Å². The third-order valence-electron chi connectivity index (χ3n) is 4.69. The molecule has 150 valence electrons. The maximum absolute atomic E-state index is 12.9. The van der Waals surface area contributed by atoms with Crippen molar-refractivity contribution >= 4 is 46.5 Å². The minimum Gasteiger partial charge on any atom is -0.322 e. The normalized spacial score (nSPS) is 14.6. The van der Waals surface area contributed by atoms with Crippen molar-refractivity contribution in [3.63, 3.8) is 0 Å². The third-order valence-corrected chi connectivity index (χ3v) is 7.37. The van der Waals surface area contributed by atoms with E-state index in [0.29, 0.717) is 5.56 Å². The number of carbonyl (C=O) groups excluding carboxylic acids is 1. The molecule has 0 spiro atoms. The molecular weight excluding hydrogens is 418 g/mol. The summed E-state index contributed by atoms with van der Waals surface area (Å²) in [4.78, 5) is 20.7. The Bertz CT molecular complexity index is 940. The predicted octanol–water partition coefficient (Wildman–Crippen LogP) is 5.24. The molecule has 29 heavy (non-hydrogen) atoms. The highest BCUT2D eigenvalue weighted by Crippen LogP contribution is 2.27. The summed E-state index contributed by atoms with van der Waals surface area (Å²) in [5.74, 6) is 3.09. The van der Waals surface area contributed by atoms with Crippen LogP contribution in [0.1, 0.15) is 21.6 Å². The first-order chi connectivity index (χ1) is 14.3. The Balaban J connectivity index is 1.42. The Labute approximate surface area is 184 Å². The molecule has 1 saturated heterocycles. The zero-order valence-electron chi connectivity index (χ0n) is 16.0. The van der Waals surface area contributed by atoms with Crippen LogP contribution in [0.3, 0.4) is 0 Å². The van der Waals surface area contributed by atoms with Crippen molar-refractivity contribution in [3.05, 3.63) is 76.2 Å². The molecule has 4 nitrogen and oxygen atoms in total. The second-order valence-corrected chi connectivity index (χ2v) is 9.77. The van der Waals surface area contributed by atoms with Gasteiger partial charge in [-0.1, -0.05) is 24.3 Å². The van der Waals surface area contributed by atoms with Crippen LogP contribution in [0.4, 0.5) is 5.69 Å². The fourth-order valence-electron chi connectivity index (χ4n) is 3.20. The zero-order valence-corrected chi connectivity index (χ0v) is 18.5. The number of anilines is 1. The Kier molecular flexibility index (Phi) is 7.27. The average molecular weight is 442 g/mol. The average Bonchev–Trinajstić information content (AvgIpc) is 3.27. The molecular formula is C22H23N3OS3. The molecule has 7 heteroatoms. The lowest BCUT2D eigenvalue weighted by Gasteiger charge is -2.26. The number of carbonyl (C=O) groups is 1. The van der Waals surface area contributed by atoms with Crippen molar-refractivity contribution in [1.29, 1.82) is 0 Å². The summed E-state index contributed by atoms with van der Waals surface area (Å²) in [5, 5.41) is 5.12. The Morgan fingerprint density at radius 3 is 2.83 bits per heavy atom. The van der Waals surface area contributed by atoms with Crippen LogP contribution in [-0.2, 0) is 12.3 Å². The molecule has 0 aliphatic carbocycles. The van der Waals surface area contributed by atoms with Gasteiger partial charge < -0.3 is 5.32 Å². The number of thiazole rings is 1. The van der Waals surface area contributed by atoms with E-state index in [-0.39, 0.29) is 5.91 Å². The van der Waals surface area contributed by atoms with E-state index in [2.05, 4.69) is 27.3 Å². The highest BCUT2D eigenvalue weighted by molar-refractivity contribution is 7.99.